The van der Waals surface area contributed by atoms with Crippen LogP contribution in [-0.4, -0.2) is 56.5 Å². The van der Waals surface area contributed by atoms with Crippen LogP contribution in [0.15, 0.2) is 24.3 Å². The van der Waals surface area contributed by atoms with E-state index in [1.54, 1.807) is 7.11 Å². The van der Waals surface area contributed by atoms with Crippen LogP contribution in [-0.2, 0) is 16.0 Å². The number of ketones is 1. The van der Waals surface area contributed by atoms with Crippen molar-refractivity contribution in [3.05, 3.63) is 35.4 Å². The van der Waals surface area contributed by atoms with E-state index in [2.05, 4.69) is 36.2 Å². The molecule has 0 aromatic heterocycles. The van der Waals surface area contributed by atoms with Gasteiger partial charge in [-0.1, -0.05) is 38.1 Å². The average Bonchev–Trinajstić information content (AvgIpc) is 2.62. The molecule has 1 aromatic rings. The Morgan fingerprint density at radius 2 is 1.85 bits per heavy atom. The van der Waals surface area contributed by atoms with Gasteiger partial charge in [-0.25, -0.2) is 0 Å². The minimum Gasteiger partial charge on any atom is -0.383 e. The van der Waals surface area contributed by atoms with E-state index in [1.165, 1.54) is 5.56 Å². The number of nitrogens with zero attached hydrogens (tertiary/aromatic N) is 1. The Morgan fingerprint density at radius 3 is 2.42 bits per heavy atom. The molecule has 0 spiro atoms. The third-order valence-corrected chi connectivity index (χ3v) is 4.84. The molecule has 1 N–H and O–H groups in total. The van der Waals surface area contributed by atoms with Crippen LogP contribution in [0.2, 0.25) is 0 Å². The second kappa shape index (κ2) is 10.4. The van der Waals surface area contributed by atoms with Gasteiger partial charge in [0.2, 0.25) is 5.91 Å². The van der Waals surface area contributed by atoms with E-state index in [0.29, 0.717) is 25.6 Å². The summed E-state index contributed by atoms with van der Waals surface area (Å²) in [7, 11) is 1.62. The number of piperidine rings is 1. The summed E-state index contributed by atoms with van der Waals surface area (Å²) in [5.74, 6) is 0.948. The van der Waals surface area contributed by atoms with Crippen molar-refractivity contribution in [2.45, 2.75) is 33.1 Å². The predicted octanol–water partition coefficient (Wildman–Crippen LogP) is 2.54. The van der Waals surface area contributed by atoms with Crippen LogP contribution < -0.4 is 5.32 Å². The van der Waals surface area contributed by atoms with Crippen LogP contribution >= 0.6 is 0 Å². The van der Waals surface area contributed by atoms with Gasteiger partial charge in [0.1, 0.15) is 0 Å². The lowest BCUT2D eigenvalue weighted by molar-refractivity contribution is -0.122. The second-order valence-electron chi connectivity index (χ2n) is 7.55. The van der Waals surface area contributed by atoms with E-state index >= 15 is 0 Å². The van der Waals surface area contributed by atoms with E-state index in [-0.39, 0.29) is 17.6 Å². The van der Waals surface area contributed by atoms with Gasteiger partial charge in [-0.05, 0) is 43.8 Å². The zero-order valence-electron chi connectivity index (χ0n) is 16.3. The van der Waals surface area contributed by atoms with Crippen molar-refractivity contribution in [1.82, 2.24) is 10.2 Å². The smallest absolute Gasteiger partial charge is 0.234 e. The highest BCUT2D eigenvalue weighted by Crippen LogP contribution is 2.22. The molecule has 0 aliphatic carbocycles. The third kappa shape index (κ3) is 6.54. The maximum Gasteiger partial charge on any atom is 0.234 e. The molecule has 1 aliphatic heterocycles. The van der Waals surface area contributed by atoms with Gasteiger partial charge in [-0.15, -0.1) is 0 Å². The average molecular weight is 360 g/mol. The zero-order chi connectivity index (χ0) is 18.9. The van der Waals surface area contributed by atoms with Gasteiger partial charge >= 0.3 is 0 Å². The summed E-state index contributed by atoms with van der Waals surface area (Å²) < 4.78 is 4.92. The standard InChI is InChI=1S/C21H32N2O3/c1-16(2)14-17-4-6-18(7-5-17)21(25)19-8-11-23(12-9-19)15-20(24)22-10-13-26-3/h4-7,16,19H,8-15H2,1-3H3,(H,22,24). The molecule has 2 rings (SSSR count). The summed E-state index contributed by atoms with van der Waals surface area (Å²) in [4.78, 5) is 26.7. The number of Topliss-reactive ketones (excluding diaryl/α,β-unsaturated/α-hetero) is 1. The molecule has 0 bridgehead atoms. The quantitative estimate of drug-likeness (QED) is 0.543. The summed E-state index contributed by atoms with van der Waals surface area (Å²) in [6.07, 6.45) is 2.68. The fourth-order valence-electron chi connectivity index (χ4n) is 3.42. The lowest BCUT2D eigenvalue weighted by Crippen LogP contribution is -2.43. The predicted molar refractivity (Wildman–Crippen MR) is 103 cm³/mol. The largest absolute Gasteiger partial charge is 0.383 e. The number of hydrogen-bond donors (Lipinski definition) is 1. The van der Waals surface area contributed by atoms with Crippen molar-refractivity contribution in [1.29, 1.82) is 0 Å². The van der Waals surface area contributed by atoms with E-state index in [9.17, 15) is 9.59 Å². The van der Waals surface area contributed by atoms with Crippen LogP contribution in [0.1, 0.15) is 42.6 Å². The fourth-order valence-corrected chi connectivity index (χ4v) is 3.42. The van der Waals surface area contributed by atoms with Crippen LogP contribution in [0, 0.1) is 11.8 Å². The molecule has 0 atom stereocenters. The molecule has 1 amide bonds. The van der Waals surface area contributed by atoms with Crippen LogP contribution in [0.25, 0.3) is 0 Å². The Morgan fingerprint density at radius 1 is 1.19 bits per heavy atom. The van der Waals surface area contributed by atoms with Gasteiger partial charge in [0, 0.05) is 25.1 Å². The van der Waals surface area contributed by atoms with Gasteiger partial charge in [0.25, 0.3) is 0 Å². The fraction of sp³-hybridized carbons (Fsp3) is 0.619. The Labute approximate surface area is 157 Å². The maximum atomic E-state index is 12.7. The summed E-state index contributed by atoms with van der Waals surface area (Å²) in [5, 5.41) is 2.84. The number of methoxy groups -OCH3 is 1. The van der Waals surface area contributed by atoms with Gasteiger partial charge in [-0.2, -0.15) is 0 Å². The second-order valence-corrected chi connectivity index (χ2v) is 7.55. The molecule has 0 saturated carbocycles. The molecule has 144 valence electrons. The third-order valence-electron chi connectivity index (χ3n) is 4.84. The van der Waals surface area contributed by atoms with Crippen molar-refractivity contribution in [3.63, 3.8) is 0 Å². The lowest BCUT2D eigenvalue weighted by Gasteiger charge is -2.30. The van der Waals surface area contributed by atoms with Crippen molar-refractivity contribution in [2.24, 2.45) is 11.8 Å². The zero-order valence-corrected chi connectivity index (χ0v) is 16.3. The molecule has 26 heavy (non-hydrogen) atoms. The van der Waals surface area contributed by atoms with Crippen LogP contribution in [0.5, 0.6) is 0 Å². The lowest BCUT2D eigenvalue weighted by atomic mass is 9.88. The summed E-state index contributed by atoms with van der Waals surface area (Å²) in [5.41, 5.74) is 2.10. The number of carbonyl (C=O) groups is 2. The molecule has 0 unspecified atom stereocenters. The number of ether oxygens (including phenoxy) is 1. The molecule has 1 aliphatic rings. The highest BCUT2D eigenvalue weighted by Gasteiger charge is 2.26. The topological polar surface area (TPSA) is 58.6 Å². The van der Waals surface area contributed by atoms with Crippen molar-refractivity contribution >= 4 is 11.7 Å². The van der Waals surface area contributed by atoms with E-state index in [0.717, 1.165) is 37.9 Å². The first-order valence-corrected chi connectivity index (χ1v) is 9.60. The minimum atomic E-state index is 0.0209. The molecular formula is C21H32N2O3. The van der Waals surface area contributed by atoms with Crippen molar-refractivity contribution in [2.75, 3.05) is 39.9 Å². The first-order chi connectivity index (χ1) is 12.5. The van der Waals surface area contributed by atoms with Crippen LogP contribution in [0.4, 0.5) is 0 Å². The van der Waals surface area contributed by atoms with Gasteiger partial charge < -0.3 is 10.1 Å². The first kappa shape index (κ1) is 20.6. The summed E-state index contributed by atoms with van der Waals surface area (Å²) >= 11 is 0. The number of benzene rings is 1. The number of likely N-dealkylation sites (tertiary alicyclic amines) is 1. The molecule has 1 heterocycles. The molecule has 1 aromatic carbocycles. The van der Waals surface area contributed by atoms with Gasteiger partial charge in [0.05, 0.1) is 13.2 Å². The number of carbonyl (C=O) groups excluding carboxylic acids is 2. The Bertz CT molecular complexity index is 575. The monoisotopic (exact) mass is 360 g/mol. The maximum absolute atomic E-state index is 12.7. The summed E-state index contributed by atoms with van der Waals surface area (Å²) in [6.45, 7) is 7.44. The molecule has 1 fully saturated rings. The first-order valence-electron chi connectivity index (χ1n) is 9.60. The molecule has 5 heteroatoms. The SMILES string of the molecule is COCCNC(=O)CN1CCC(C(=O)c2ccc(CC(C)C)cc2)CC1. The Hall–Kier alpha value is -1.72. The van der Waals surface area contributed by atoms with Crippen molar-refractivity contribution in [3.8, 4) is 0 Å². The molecular weight excluding hydrogens is 328 g/mol. The highest BCUT2D eigenvalue weighted by molar-refractivity contribution is 5.98. The molecule has 5 nitrogen and oxygen atoms in total. The molecule has 0 radical (unpaired) electrons. The Balaban J connectivity index is 1.78. The van der Waals surface area contributed by atoms with E-state index in [4.69, 9.17) is 4.74 Å². The minimum absolute atomic E-state index is 0.0209. The number of hydrogen-bond acceptors (Lipinski definition) is 4. The summed E-state index contributed by atoms with van der Waals surface area (Å²) in [6, 6.07) is 8.09. The number of nitrogens with one attached hydrogen (secondary N) is 1. The number of amides is 1. The number of rotatable bonds is 9. The van der Waals surface area contributed by atoms with Gasteiger partial charge in [0.15, 0.2) is 5.78 Å². The molecule has 1 saturated heterocycles. The normalized spacial score (nSPS) is 16.0. The van der Waals surface area contributed by atoms with E-state index in [1.807, 2.05) is 12.1 Å². The highest BCUT2D eigenvalue weighted by atomic mass is 16.5. The van der Waals surface area contributed by atoms with E-state index < -0.39 is 0 Å². The van der Waals surface area contributed by atoms with Crippen LogP contribution in [0.3, 0.4) is 0 Å². The van der Waals surface area contributed by atoms with Crippen molar-refractivity contribution < 1.29 is 14.3 Å². The van der Waals surface area contributed by atoms with Gasteiger partial charge in [-0.3, -0.25) is 14.5 Å². The Kier molecular flexibility index (Phi) is 8.26.